The summed E-state index contributed by atoms with van der Waals surface area (Å²) in [6.07, 6.45) is 4.99. The number of benzene rings is 1. The van der Waals surface area contributed by atoms with Gasteiger partial charge in [0.05, 0.1) is 5.25 Å². The van der Waals surface area contributed by atoms with E-state index < -0.39 is 9.84 Å². The molecule has 4 heteroatoms. The fourth-order valence-corrected chi connectivity index (χ4v) is 4.38. The van der Waals surface area contributed by atoms with Crippen molar-refractivity contribution in [3.63, 3.8) is 0 Å². The third-order valence-corrected chi connectivity index (χ3v) is 6.01. The smallest absolute Gasteiger partial charge is 0.150 e. The van der Waals surface area contributed by atoms with Crippen molar-refractivity contribution >= 4 is 9.84 Å². The molecule has 1 aliphatic rings. The zero-order valence-corrected chi connectivity index (χ0v) is 13.4. The van der Waals surface area contributed by atoms with Crippen molar-refractivity contribution < 1.29 is 8.42 Å². The highest BCUT2D eigenvalue weighted by Gasteiger charge is 2.29. The zero-order chi connectivity index (χ0) is 14.8. The number of hydrogen-bond acceptors (Lipinski definition) is 3. The lowest BCUT2D eigenvalue weighted by Crippen LogP contribution is -2.40. The Kier molecular flexibility index (Phi) is 4.86. The van der Waals surface area contributed by atoms with E-state index >= 15 is 0 Å². The standard InChI is InChI=1S/C16H25NO2S/c1-12-7-4-5-10-16(12)13(2)17-14-8-6-9-15(11-14)20(3,18)19/h4-5,7,10,13-15,17H,6,8-9,11H2,1-3H3/t13-,14?,15?/m1/s1. The predicted octanol–water partition coefficient (Wildman–Crippen LogP) is 3.00. The van der Waals surface area contributed by atoms with Crippen LogP contribution in [0.3, 0.4) is 0 Å². The lowest BCUT2D eigenvalue weighted by atomic mass is 9.93. The van der Waals surface area contributed by atoms with Gasteiger partial charge in [0.25, 0.3) is 0 Å². The Morgan fingerprint density at radius 1 is 1.25 bits per heavy atom. The molecule has 0 bridgehead atoms. The summed E-state index contributed by atoms with van der Waals surface area (Å²) in [4.78, 5) is 0. The normalized spacial score (nSPS) is 25.4. The maximum Gasteiger partial charge on any atom is 0.150 e. The van der Waals surface area contributed by atoms with Gasteiger partial charge in [-0.05, 0) is 44.2 Å². The summed E-state index contributed by atoms with van der Waals surface area (Å²) in [5.74, 6) is 0. The molecule has 0 spiro atoms. The highest BCUT2D eigenvalue weighted by Crippen LogP contribution is 2.26. The second-order valence-electron chi connectivity index (χ2n) is 6.06. The highest BCUT2D eigenvalue weighted by molar-refractivity contribution is 7.91. The van der Waals surface area contributed by atoms with Crippen LogP contribution in [0.25, 0.3) is 0 Å². The molecule has 0 aromatic heterocycles. The number of aryl methyl sites for hydroxylation is 1. The Morgan fingerprint density at radius 3 is 2.60 bits per heavy atom. The lowest BCUT2D eigenvalue weighted by molar-refractivity contribution is 0.346. The maximum absolute atomic E-state index is 11.7. The maximum atomic E-state index is 11.7. The topological polar surface area (TPSA) is 46.2 Å². The second-order valence-corrected chi connectivity index (χ2v) is 8.39. The monoisotopic (exact) mass is 295 g/mol. The van der Waals surface area contributed by atoms with Gasteiger partial charge >= 0.3 is 0 Å². The van der Waals surface area contributed by atoms with Gasteiger partial charge in [-0.1, -0.05) is 30.7 Å². The van der Waals surface area contributed by atoms with Gasteiger partial charge in [0, 0.05) is 18.3 Å². The Balaban J connectivity index is 2.01. The van der Waals surface area contributed by atoms with Crippen LogP contribution in [-0.4, -0.2) is 26.0 Å². The quantitative estimate of drug-likeness (QED) is 0.929. The minimum absolute atomic E-state index is 0.169. The van der Waals surface area contributed by atoms with Crippen LogP contribution < -0.4 is 5.32 Å². The molecule has 1 N–H and O–H groups in total. The molecule has 1 aliphatic carbocycles. The summed E-state index contributed by atoms with van der Waals surface area (Å²) in [7, 11) is -2.91. The highest BCUT2D eigenvalue weighted by atomic mass is 32.2. The van der Waals surface area contributed by atoms with Crippen LogP contribution in [0, 0.1) is 6.92 Å². The minimum Gasteiger partial charge on any atom is -0.307 e. The van der Waals surface area contributed by atoms with Crippen molar-refractivity contribution in [2.45, 2.75) is 56.9 Å². The average molecular weight is 295 g/mol. The molecule has 0 aliphatic heterocycles. The van der Waals surface area contributed by atoms with Crippen LogP contribution in [0.15, 0.2) is 24.3 Å². The number of sulfone groups is 1. The van der Waals surface area contributed by atoms with E-state index in [1.165, 1.54) is 17.4 Å². The van der Waals surface area contributed by atoms with Gasteiger partial charge in [-0.15, -0.1) is 0 Å². The lowest BCUT2D eigenvalue weighted by Gasteiger charge is -2.31. The molecule has 3 atom stereocenters. The van der Waals surface area contributed by atoms with E-state index in [0.29, 0.717) is 6.04 Å². The summed E-state index contributed by atoms with van der Waals surface area (Å²) < 4.78 is 23.4. The molecule has 0 heterocycles. The number of rotatable bonds is 4. The van der Waals surface area contributed by atoms with Crippen LogP contribution in [0.4, 0.5) is 0 Å². The van der Waals surface area contributed by atoms with Gasteiger partial charge < -0.3 is 5.32 Å². The molecule has 2 unspecified atom stereocenters. The van der Waals surface area contributed by atoms with E-state index in [1.807, 2.05) is 6.07 Å². The first-order valence-corrected chi connectivity index (χ1v) is 9.34. The Bertz CT molecular complexity index is 553. The third-order valence-electron chi connectivity index (χ3n) is 4.37. The fraction of sp³-hybridized carbons (Fsp3) is 0.625. The molecule has 0 saturated heterocycles. The van der Waals surface area contributed by atoms with Crippen LogP contribution in [0.1, 0.15) is 49.8 Å². The summed E-state index contributed by atoms with van der Waals surface area (Å²) in [6, 6.07) is 8.93. The van der Waals surface area contributed by atoms with Crippen LogP contribution in [-0.2, 0) is 9.84 Å². The van der Waals surface area contributed by atoms with Crippen molar-refractivity contribution in [2.75, 3.05) is 6.26 Å². The SMILES string of the molecule is Cc1ccccc1[C@@H](C)NC1CCCC(S(C)(=O)=O)C1. The number of nitrogens with one attached hydrogen (secondary N) is 1. The Morgan fingerprint density at radius 2 is 1.95 bits per heavy atom. The summed E-state index contributed by atoms with van der Waals surface area (Å²) in [5, 5.41) is 3.44. The molecule has 20 heavy (non-hydrogen) atoms. The largest absolute Gasteiger partial charge is 0.307 e. The van der Waals surface area contributed by atoms with Crippen LogP contribution in [0.2, 0.25) is 0 Å². The van der Waals surface area contributed by atoms with Crippen molar-refractivity contribution in [3.8, 4) is 0 Å². The fourth-order valence-electron chi connectivity index (χ4n) is 3.20. The van der Waals surface area contributed by atoms with Crippen LogP contribution in [0.5, 0.6) is 0 Å². The van der Waals surface area contributed by atoms with Crippen LogP contribution >= 0.6 is 0 Å². The van der Waals surface area contributed by atoms with Gasteiger partial charge in [-0.3, -0.25) is 0 Å². The first-order valence-electron chi connectivity index (χ1n) is 7.38. The van der Waals surface area contributed by atoms with Crippen molar-refractivity contribution in [3.05, 3.63) is 35.4 Å². The average Bonchev–Trinajstić information content (AvgIpc) is 2.38. The van der Waals surface area contributed by atoms with Gasteiger partial charge in [0.1, 0.15) is 9.84 Å². The van der Waals surface area contributed by atoms with Crippen molar-refractivity contribution in [2.24, 2.45) is 0 Å². The van der Waals surface area contributed by atoms with Gasteiger partial charge in [0.15, 0.2) is 0 Å². The summed E-state index contributed by atoms with van der Waals surface area (Å²) >= 11 is 0. The molecule has 0 amide bonds. The molecular formula is C16H25NO2S. The first kappa shape index (κ1) is 15.5. The van der Waals surface area contributed by atoms with E-state index in [4.69, 9.17) is 0 Å². The molecule has 2 rings (SSSR count). The molecule has 1 saturated carbocycles. The van der Waals surface area contributed by atoms with E-state index in [9.17, 15) is 8.42 Å². The molecule has 1 aromatic carbocycles. The third kappa shape index (κ3) is 3.83. The van der Waals surface area contributed by atoms with Gasteiger partial charge in [-0.25, -0.2) is 8.42 Å². The zero-order valence-electron chi connectivity index (χ0n) is 12.6. The minimum atomic E-state index is -2.91. The summed E-state index contributed by atoms with van der Waals surface area (Å²) in [5.41, 5.74) is 2.58. The van der Waals surface area contributed by atoms with E-state index in [2.05, 4.69) is 37.4 Å². The first-order chi connectivity index (χ1) is 9.38. The Hall–Kier alpha value is -0.870. The molecule has 3 nitrogen and oxygen atoms in total. The second kappa shape index (κ2) is 6.27. The molecule has 1 aromatic rings. The molecular weight excluding hydrogens is 270 g/mol. The van der Waals surface area contributed by atoms with E-state index in [-0.39, 0.29) is 11.3 Å². The van der Waals surface area contributed by atoms with Crippen molar-refractivity contribution in [1.82, 2.24) is 5.32 Å². The van der Waals surface area contributed by atoms with Gasteiger partial charge in [0.2, 0.25) is 0 Å². The summed E-state index contributed by atoms with van der Waals surface area (Å²) in [6.45, 7) is 4.28. The molecule has 0 radical (unpaired) electrons. The number of hydrogen-bond donors (Lipinski definition) is 1. The molecule has 112 valence electrons. The Labute approximate surface area is 122 Å². The molecule has 1 fully saturated rings. The van der Waals surface area contributed by atoms with E-state index in [1.54, 1.807) is 0 Å². The predicted molar refractivity (Wildman–Crippen MR) is 83.6 cm³/mol. The van der Waals surface area contributed by atoms with Gasteiger partial charge in [-0.2, -0.15) is 0 Å². The van der Waals surface area contributed by atoms with Crippen molar-refractivity contribution in [1.29, 1.82) is 0 Å². The van der Waals surface area contributed by atoms with E-state index in [0.717, 1.165) is 25.7 Å².